The van der Waals surface area contributed by atoms with Gasteiger partial charge >= 0.3 is 0 Å². The molecule has 0 radical (unpaired) electrons. The fraction of sp³-hybridized carbons (Fsp3) is 0.235. The van der Waals surface area contributed by atoms with E-state index in [2.05, 4.69) is 5.32 Å². The number of aliphatic hydroxyl groups is 1. The molecule has 5 heteroatoms. The van der Waals surface area contributed by atoms with Crippen LogP contribution in [0.1, 0.15) is 23.8 Å². The van der Waals surface area contributed by atoms with E-state index in [1.807, 2.05) is 17.5 Å². The molecule has 2 N–H and O–H groups in total. The molecule has 1 heterocycles. The van der Waals surface area contributed by atoms with Gasteiger partial charge < -0.3 is 10.4 Å². The SMILES string of the molecule is CC(O)(CNC(=O)CC=Cc1ccc(F)cc1)c1cccs1. The van der Waals surface area contributed by atoms with Crippen LogP contribution in [0.25, 0.3) is 6.08 Å². The van der Waals surface area contributed by atoms with Gasteiger partial charge in [0.1, 0.15) is 11.4 Å². The van der Waals surface area contributed by atoms with Crippen LogP contribution in [-0.4, -0.2) is 17.6 Å². The molecule has 116 valence electrons. The van der Waals surface area contributed by atoms with Crippen molar-refractivity contribution in [3.63, 3.8) is 0 Å². The molecular weight excluding hydrogens is 301 g/mol. The fourth-order valence-electron chi connectivity index (χ4n) is 1.89. The van der Waals surface area contributed by atoms with Crippen molar-refractivity contribution in [2.24, 2.45) is 0 Å². The first kappa shape index (κ1) is 16.4. The summed E-state index contributed by atoms with van der Waals surface area (Å²) in [6, 6.07) is 9.74. The van der Waals surface area contributed by atoms with E-state index < -0.39 is 5.60 Å². The number of halogens is 1. The van der Waals surface area contributed by atoms with Crippen LogP contribution in [0, 0.1) is 5.82 Å². The summed E-state index contributed by atoms with van der Waals surface area (Å²) >= 11 is 1.45. The van der Waals surface area contributed by atoms with E-state index in [4.69, 9.17) is 0 Å². The first-order chi connectivity index (χ1) is 10.5. The highest BCUT2D eigenvalue weighted by molar-refractivity contribution is 7.10. The molecule has 0 aliphatic carbocycles. The van der Waals surface area contributed by atoms with E-state index >= 15 is 0 Å². The van der Waals surface area contributed by atoms with E-state index in [1.165, 1.54) is 23.5 Å². The van der Waals surface area contributed by atoms with E-state index in [1.54, 1.807) is 31.2 Å². The molecule has 0 aliphatic rings. The van der Waals surface area contributed by atoms with Crippen molar-refractivity contribution < 1.29 is 14.3 Å². The fourth-order valence-corrected chi connectivity index (χ4v) is 2.68. The van der Waals surface area contributed by atoms with Crippen LogP contribution >= 0.6 is 11.3 Å². The number of carbonyl (C=O) groups is 1. The molecule has 2 aromatic rings. The highest BCUT2D eigenvalue weighted by Gasteiger charge is 2.24. The maximum atomic E-state index is 12.8. The molecule has 0 saturated heterocycles. The van der Waals surface area contributed by atoms with Gasteiger partial charge in [0, 0.05) is 11.3 Å². The number of hydrogen-bond donors (Lipinski definition) is 2. The lowest BCUT2D eigenvalue weighted by atomic mass is 10.1. The van der Waals surface area contributed by atoms with Crippen LogP contribution in [0.4, 0.5) is 4.39 Å². The zero-order chi connectivity index (χ0) is 16.0. The topological polar surface area (TPSA) is 49.3 Å². The van der Waals surface area contributed by atoms with Gasteiger partial charge in [-0.2, -0.15) is 0 Å². The molecule has 1 aromatic heterocycles. The number of carbonyl (C=O) groups excluding carboxylic acids is 1. The normalized spacial score (nSPS) is 14.0. The van der Waals surface area contributed by atoms with Crippen molar-refractivity contribution >= 4 is 23.3 Å². The first-order valence-electron chi connectivity index (χ1n) is 6.92. The number of rotatable bonds is 6. The van der Waals surface area contributed by atoms with Gasteiger partial charge in [-0.1, -0.05) is 30.4 Å². The minimum Gasteiger partial charge on any atom is -0.383 e. The van der Waals surface area contributed by atoms with Crippen LogP contribution in [0.15, 0.2) is 47.9 Å². The maximum absolute atomic E-state index is 12.8. The Morgan fingerprint density at radius 1 is 1.36 bits per heavy atom. The van der Waals surface area contributed by atoms with E-state index in [0.29, 0.717) is 0 Å². The standard InChI is InChI=1S/C17H18FNO2S/c1-17(21,15-5-3-11-22-15)12-19-16(20)6-2-4-13-7-9-14(18)10-8-13/h2-5,7-11,21H,6,12H2,1H3,(H,19,20). The van der Waals surface area contributed by atoms with Crippen molar-refractivity contribution in [3.05, 3.63) is 64.1 Å². The molecule has 0 spiro atoms. The number of amides is 1. The van der Waals surface area contributed by atoms with Gasteiger partial charge in [0.05, 0.1) is 6.54 Å². The molecule has 1 aromatic carbocycles. The second-order valence-corrected chi connectivity index (χ2v) is 6.13. The van der Waals surface area contributed by atoms with Crippen LogP contribution in [0.5, 0.6) is 0 Å². The highest BCUT2D eigenvalue weighted by atomic mass is 32.1. The van der Waals surface area contributed by atoms with Crippen LogP contribution < -0.4 is 5.32 Å². The number of benzene rings is 1. The van der Waals surface area contributed by atoms with Crippen molar-refractivity contribution in [2.45, 2.75) is 18.9 Å². The second-order valence-electron chi connectivity index (χ2n) is 5.19. The quantitative estimate of drug-likeness (QED) is 0.858. The van der Waals surface area contributed by atoms with Gasteiger partial charge in [0.25, 0.3) is 0 Å². The number of thiophene rings is 1. The molecule has 22 heavy (non-hydrogen) atoms. The van der Waals surface area contributed by atoms with E-state index in [-0.39, 0.29) is 24.7 Å². The predicted molar refractivity (Wildman–Crippen MR) is 87.0 cm³/mol. The summed E-state index contributed by atoms with van der Waals surface area (Å²) in [5, 5.41) is 14.9. The third-order valence-corrected chi connectivity index (χ3v) is 4.29. The molecule has 3 nitrogen and oxygen atoms in total. The zero-order valence-corrected chi connectivity index (χ0v) is 13.1. The van der Waals surface area contributed by atoms with Crippen LogP contribution in [0.3, 0.4) is 0 Å². The lowest BCUT2D eigenvalue weighted by Crippen LogP contribution is -2.37. The van der Waals surface area contributed by atoms with Crippen molar-refractivity contribution in [2.75, 3.05) is 6.54 Å². The summed E-state index contributed by atoms with van der Waals surface area (Å²) in [5.74, 6) is -0.458. The number of hydrogen-bond acceptors (Lipinski definition) is 3. The summed E-state index contributed by atoms with van der Waals surface area (Å²) in [7, 11) is 0. The lowest BCUT2D eigenvalue weighted by Gasteiger charge is -2.22. The molecule has 0 fully saturated rings. The van der Waals surface area contributed by atoms with Crippen molar-refractivity contribution in [1.82, 2.24) is 5.32 Å². The summed E-state index contributed by atoms with van der Waals surface area (Å²) in [4.78, 5) is 12.6. The summed E-state index contributed by atoms with van der Waals surface area (Å²) in [6.45, 7) is 1.84. The monoisotopic (exact) mass is 319 g/mol. The Labute approximate surface area is 133 Å². The molecule has 0 saturated carbocycles. The Hall–Kier alpha value is -1.98. The zero-order valence-electron chi connectivity index (χ0n) is 12.3. The average Bonchev–Trinajstić information content (AvgIpc) is 3.02. The van der Waals surface area contributed by atoms with Gasteiger partial charge in [0.2, 0.25) is 5.91 Å². The average molecular weight is 319 g/mol. The number of nitrogens with one attached hydrogen (secondary N) is 1. The second kappa shape index (κ2) is 7.33. The first-order valence-corrected chi connectivity index (χ1v) is 7.80. The Morgan fingerprint density at radius 3 is 2.73 bits per heavy atom. The van der Waals surface area contributed by atoms with Gasteiger partial charge in [-0.15, -0.1) is 11.3 Å². The third kappa shape index (κ3) is 4.79. The minimum absolute atomic E-state index is 0.163. The Morgan fingerprint density at radius 2 is 2.09 bits per heavy atom. The smallest absolute Gasteiger partial charge is 0.223 e. The third-order valence-electron chi connectivity index (χ3n) is 3.17. The Kier molecular flexibility index (Phi) is 5.46. The summed E-state index contributed by atoms with van der Waals surface area (Å²) < 4.78 is 12.8. The lowest BCUT2D eigenvalue weighted by molar-refractivity contribution is -0.121. The maximum Gasteiger partial charge on any atom is 0.223 e. The van der Waals surface area contributed by atoms with Gasteiger partial charge in [-0.25, -0.2) is 4.39 Å². The molecule has 0 bridgehead atoms. The van der Waals surface area contributed by atoms with Gasteiger partial charge in [-0.3, -0.25) is 4.79 Å². The summed E-state index contributed by atoms with van der Waals surface area (Å²) in [5.41, 5.74) is -0.232. The van der Waals surface area contributed by atoms with Crippen LogP contribution in [0.2, 0.25) is 0 Å². The predicted octanol–water partition coefficient (Wildman–Crippen LogP) is 3.31. The molecule has 1 unspecified atom stereocenters. The Bertz CT molecular complexity index is 633. The van der Waals surface area contributed by atoms with E-state index in [0.717, 1.165) is 10.4 Å². The van der Waals surface area contributed by atoms with Crippen molar-refractivity contribution in [1.29, 1.82) is 0 Å². The summed E-state index contributed by atoms with van der Waals surface area (Å²) in [6.07, 6.45) is 3.68. The van der Waals surface area contributed by atoms with Crippen LogP contribution in [-0.2, 0) is 10.4 Å². The molecule has 0 aliphatic heterocycles. The molecule has 1 amide bonds. The van der Waals surface area contributed by atoms with Gasteiger partial charge in [-0.05, 0) is 36.1 Å². The highest BCUT2D eigenvalue weighted by Crippen LogP contribution is 2.24. The molecule has 2 rings (SSSR count). The van der Waals surface area contributed by atoms with Gasteiger partial charge in [0.15, 0.2) is 0 Å². The molecular formula is C17H18FNO2S. The van der Waals surface area contributed by atoms with E-state index in [9.17, 15) is 14.3 Å². The Balaban J connectivity index is 1.79. The largest absolute Gasteiger partial charge is 0.383 e. The van der Waals surface area contributed by atoms with Crippen molar-refractivity contribution in [3.8, 4) is 0 Å². The minimum atomic E-state index is -1.06. The molecule has 1 atom stereocenters.